The predicted molar refractivity (Wildman–Crippen MR) is 115 cm³/mol. The molecule has 156 valence electrons. The zero-order chi connectivity index (χ0) is 20.7. The molecule has 1 fully saturated rings. The second-order valence-corrected chi connectivity index (χ2v) is 8.58. The van der Waals surface area contributed by atoms with Crippen molar-refractivity contribution in [1.82, 2.24) is 20.4 Å². The lowest BCUT2D eigenvalue weighted by Gasteiger charge is -2.35. The van der Waals surface area contributed by atoms with Gasteiger partial charge in [0.2, 0.25) is 0 Å². The van der Waals surface area contributed by atoms with Gasteiger partial charge in [0, 0.05) is 37.3 Å². The molecule has 3 aromatic rings. The summed E-state index contributed by atoms with van der Waals surface area (Å²) in [4.78, 5) is 20.3. The first-order valence-corrected chi connectivity index (χ1v) is 11.0. The number of hydrogen-bond acceptors (Lipinski definition) is 5. The molecule has 1 N–H and O–H groups in total. The van der Waals surface area contributed by atoms with E-state index in [1.807, 2.05) is 13.0 Å². The Bertz CT molecular complexity index is 1090. The Morgan fingerprint density at radius 2 is 2.10 bits per heavy atom. The third-order valence-electron chi connectivity index (χ3n) is 6.52. The molecule has 6 heteroatoms. The van der Waals surface area contributed by atoms with Crippen LogP contribution in [0.3, 0.4) is 0 Å². The summed E-state index contributed by atoms with van der Waals surface area (Å²) in [6.07, 6.45) is 4.31. The summed E-state index contributed by atoms with van der Waals surface area (Å²) >= 11 is 0. The van der Waals surface area contributed by atoms with E-state index in [4.69, 9.17) is 4.52 Å². The second-order valence-electron chi connectivity index (χ2n) is 8.58. The van der Waals surface area contributed by atoms with Crippen LogP contribution >= 0.6 is 0 Å². The number of pyridine rings is 1. The molecular formula is C24H28N4O2. The molecule has 0 radical (unpaired) electrons. The minimum absolute atomic E-state index is 0.0635. The molecule has 1 aliphatic carbocycles. The van der Waals surface area contributed by atoms with Gasteiger partial charge in [-0.15, -0.1) is 0 Å². The molecule has 1 amide bonds. The predicted octanol–water partition coefficient (Wildman–Crippen LogP) is 3.98. The molecule has 6 nitrogen and oxygen atoms in total. The van der Waals surface area contributed by atoms with Crippen molar-refractivity contribution in [1.29, 1.82) is 0 Å². The van der Waals surface area contributed by atoms with E-state index >= 15 is 0 Å². The molecule has 1 aliphatic heterocycles. The third kappa shape index (κ3) is 3.60. The van der Waals surface area contributed by atoms with Crippen LogP contribution in [-0.2, 0) is 13.0 Å². The summed E-state index contributed by atoms with van der Waals surface area (Å²) in [5, 5.41) is 7.96. The molecule has 3 heterocycles. The van der Waals surface area contributed by atoms with E-state index in [9.17, 15) is 4.79 Å². The van der Waals surface area contributed by atoms with Crippen LogP contribution in [0.4, 0.5) is 0 Å². The van der Waals surface area contributed by atoms with Crippen molar-refractivity contribution in [2.75, 3.05) is 13.1 Å². The van der Waals surface area contributed by atoms with Crippen LogP contribution in [0.15, 0.2) is 34.9 Å². The van der Waals surface area contributed by atoms with Crippen LogP contribution in [0.25, 0.3) is 11.1 Å². The Morgan fingerprint density at radius 3 is 2.87 bits per heavy atom. The molecule has 0 saturated heterocycles. The standard InChI is InChI=1S/C24H28N4O2/c1-3-19(28-11-10-16-6-4-5-7-18(16)14-28)13-25-23(29)20-12-21(17-8-9-17)26-24-22(20)15(2)27-30-24/h4-7,12,17,19H,3,8-11,13-14H2,1-2H3,(H,25,29). The number of carbonyl (C=O) groups is 1. The van der Waals surface area contributed by atoms with Gasteiger partial charge in [0.15, 0.2) is 0 Å². The number of benzene rings is 1. The molecule has 1 aromatic carbocycles. The van der Waals surface area contributed by atoms with E-state index in [2.05, 4.69) is 51.5 Å². The molecule has 2 aliphatic rings. The molecule has 1 atom stereocenters. The van der Waals surface area contributed by atoms with E-state index in [0.717, 1.165) is 49.9 Å². The highest BCUT2D eigenvalue weighted by molar-refractivity contribution is 6.06. The summed E-state index contributed by atoms with van der Waals surface area (Å²) in [6, 6.07) is 10.9. The molecular weight excluding hydrogens is 376 g/mol. The molecule has 30 heavy (non-hydrogen) atoms. The molecule has 0 spiro atoms. The van der Waals surface area contributed by atoms with Crippen molar-refractivity contribution < 1.29 is 9.32 Å². The maximum atomic E-state index is 13.2. The smallest absolute Gasteiger partial charge is 0.259 e. The lowest BCUT2D eigenvalue weighted by atomic mass is 9.98. The van der Waals surface area contributed by atoms with Gasteiger partial charge in [-0.25, -0.2) is 4.98 Å². The Kier molecular flexibility index (Phi) is 5.03. The van der Waals surface area contributed by atoms with Crippen molar-refractivity contribution >= 4 is 17.0 Å². The SMILES string of the molecule is CCC(CNC(=O)c1cc(C2CC2)nc2onc(C)c12)N1CCc2ccccc2C1. The van der Waals surface area contributed by atoms with Crippen LogP contribution in [-0.4, -0.2) is 40.1 Å². The number of rotatable bonds is 6. The van der Waals surface area contributed by atoms with Gasteiger partial charge in [-0.2, -0.15) is 0 Å². The number of nitrogens with zero attached hydrogens (tertiary/aromatic N) is 3. The van der Waals surface area contributed by atoms with Crippen LogP contribution in [0.1, 0.15) is 65.0 Å². The van der Waals surface area contributed by atoms with Crippen LogP contribution in [0.5, 0.6) is 0 Å². The van der Waals surface area contributed by atoms with E-state index in [1.165, 1.54) is 11.1 Å². The summed E-state index contributed by atoms with van der Waals surface area (Å²) in [5.41, 5.74) is 5.62. The van der Waals surface area contributed by atoms with Crippen LogP contribution < -0.4 is 5.32 Å². The van der Waals surface area contributed by atoms with Crippen LogP contribution in [0.2, 0.25) is 0 Å². The Hall–Kier alpha value is -2.73. The topological polar surface area (TPSA) is 71.3 Å². The van der Waals surface area contributed by atoms with Crippen molar-refractivity contribution in [3.63, 3.8) is 0 Å². The highest BCUT2D eigenvalue weighted by Crippen LogP contribution is 2.40. The third-order valence-corrected chi connectivity index (χ3v) is 6.52. The number of fused-ring (bicyclic) bond motifs is 2. The van der Waals surface area contributed by atoms with Crippen LogP contribution in [0, 0.1) is 6.92 Å². The number of hydrogen-bond donors (Lipinski definition) is 1. The monoisotopic (exact) mass is 404 g/mol. The maximum Gasteiger partial charge on any atom is 0.259 e. The fraction of sp³-hybridized carbons (Fsp3) is 0.458. The molecule has 1 unspecified atom stereocenters. The average Bonchev–Trinajstić information content (AvgIpc) is 3.56. The highest BCUT2D eigenvalue weighted by atomic mass is 16.5. The Morgan fingerprint density at radius 1 is 1.30 bits per heavy atom. The number of aryl methyl sites for hydroxylation is 1. The summed E-state index contributed by atoms with van der Waals surface area (Å²) in [6.45, 7) is 6.66. The van der Waals surface area contributed by atoms with E-state index < -0.39 is 0 Å². The van der Waals surface area contributed by atoms with Gasteiger partial charge in [0.25, 0.3) is 11.6 Å². The van der Waals surface area contributed by atoms with Gasteiger partial charge < -0.3 is 9.84 Å². The van der Waals surface area contributed by atoms with Crippen molar-refractivity contribution in [2.45, 2.75) is 58.0 Å². The fourth-order valence-electron chi connectivity index (χ4n) is 4.55. The van der Waals surface area contributed by atoms with Crippen molar-refractivity contribution in [3.8, 4) is 0 Å². The van der Waals surface area contributed by atoms with Gasteiger partial charge in [-0.05, 0) is 49.8 Å². The second kappa shape index (κ2) is 7.84. The normalized spacial score (nSPS) is 17.7. The first kappa shape index (κ1) is 19.2. The lowest BCUT2D eigenvalue weighted by molar-refractivity contribution is 0.0927. The summed E-state index contributed by atoms with van der Waals surface area (Å²) in [7, 11) is 0. The molecule has 5 rings (SSSR count). The van der Waals surface area contributed by atoms with Gasteiger partial charge >= 0.3 is 0 Å². The number of nitrogens with one attached hydrogen (secondary N) is 1. The van der Waals surface area contributed by atoms with Gasteiger partial charge in [-0.1, -0.05) is 36.3 Å². The first-order chi connectivity index (χ1) is 14.6. The summed E-state index contributed by atoms with van der Waals surface area (Å²) in [5.74, 6) is 0.384. The van der Waals surface area contributed by atoms with Gasteiger partial charge in [0.1, 0.15) is 0 Å². The van der Waals surface area contributed by atoms with Crippen molar-refractivity contribution in [2.24, 2.45) is 0 Å². The van der Waals surface area contributed by atoms with Gasteiger partial charge in [0.05, 0.1) is 16.6 Å². The Balaban J connectivity index is 1.32. The largest absolute Gasteiger partial charge is 0.350 e. The lowest BCUT2D eigenvalue weighted by Crippen LogP contribution is -2.45. The minimum atomic E-state index is -0.0635. The maximum absolute atomic E-state index is 13.2. The van der Waals surface area contributed by atoms with E-state index in [0.29, 0.717) is 35.5 Å². The van der Waals surface area contributed by atoms with E-state index in [-0.39, 0.29) is 5.91 Å². The molecule has 2 aromatic heterocycles. The Labute approximate surface area is 176 Å². The number of aromatic nitrogens is 2. The number of carbonyl (C=O) groups excluding carboxylic acids is 1. The minimum Gasteiger partial charge on any atom is -0.350 e. The zero-order valence-electron chi connectivity index (χ0n) is 17.6. The zero-order valence-corrected chi connectivity index (χ0v) is 17.6. The number of amides is 1. The summed E-state index contributed by atoms with van der Waals surface area (Å²) < 4.78 is 5.38. The molecule has 1 saturated carbocycles. The first-order valence-electron chi connectivity index (χ1n) is 11.0. The van der Waals surface area contributed by atoms with Gasteiger partial charge in [-0.3, -0.25) is 9.69 Å². The quantitative estimate of drug-likeness (QED) is 0.673. The molecule has 0 bridgehead atoms. The van der Waals surface area contributed by atoms with Crippen molar-refractivity contribution in [3.05, 3.63) is 58.4 Å². The average molecular weight is 405 g/mol. The van der Waals surface area contributed by atoms with E-state index in [1.54, 1.807) is 0 Å². The fourth-order valence-corrected chi connectivity index (χ4v) is 4.55. The highest BCUT2D eigenvalue weighted by Gasteiger charge is 2.29.